The summed E-state index contributed by atoms with van der Waals surface area (Å²) in [7, 11) is 1.89. The molecule has 39 heavy (non-hydrogen) atoms. The molecule has 1 fully saturated rings. The molecule has 1 N–H and O–H groups in total. The first kappa shape index (κ1) is 27.0. The number of ether oxygens (including phenoxy) is 3. The Morgan fingerprint density at radius 2 is 1.82 bits per heavy atom. The zero-order valence-corrected chi connectivity index (χ0v) is 24.2. The van der Waals surface area contributed by atoms with Gasteiger partial charge in [0.1, 0.15) is 12.4 Å². The van der Waals surface area contributed by atoms with Crippen LogP contribution in [0.15, 0.2) is 35.4 Å². The molecule has 1 atom stereocenters. The molecule has 1 aromatic carbocycles. The third-order valence-electron chi connectivity index (χ3n) is 7.52. The van der Waals surface area contributed by atoms with Crippen LogP contribution in [0.4, 0.5) is 4.79 Å². The van der Waals surface area contributed by atoms with Crippen molar-refractivity contribution in [2.24, 2.45) is 0 Å². The molecule has 1 amide bonds. The highest BCUT2D eigenvalue weighted by atomic mass is 28.3. The third kappa shape index (κ3) is 5.08. The minimum absolute atomic E-state index is 0.192. The predicted octanol–water partition coefficient (Wildman–Crippen LogP) is 5.15. The van der Waals surface area contributed by atoms with Gasteiger partial charge in [-0.2, -0.15) is 0 Å². The largest absolute Gasteiger partial charge is 0.493 e. The maximum absolute atomic E-state index is 14.2. The Kier molecular flexibility index (Phi) is 7.30. The summed E-state index contributed by atoms with van der Waals surface area (Å²) in [4.78, 5) is 32.2. The van der Waals surface area contributed by atoms with Crippen LogP contribution in [0.5, 0.6) is 11.5 Å². The molecular formula is C28H36N4O6Si. The van der Waals surface area contributed by atoms with E-state index in [9.17, 15) is 14.7 Å². The van der Waals surface area contributed by atoms with Crippen molar-refractivity contribution in [3.8, 4) is 11.5 Å². The first-order valence-corrected chi connectivity index (χ1v) is 17.0. The Bertz CT molecular complexity index is 1610. The van der Waals surface area contributed by atoms with Crippen LogP contribution in [-0.2, 0) is 11.5 Å². The van der Waals surface area contributed by atoms with Gasteiger partial charge in [0.05, 0.1) is 31.2 Å². The summed E-state index contributed by atoms with van der Waals surface area (Å²) >= 11 is 0. The van der Waals surface area contributed by atoms with E-state index in [1.54, 1.807) is 23.9 Å². The van der Waals surface area contributed by atoms with Gasteiger partial charge in [-0.1, -0.05) is 19.6 Å². The van der Waals surface area contributed by atoms with E-state index in [0.717, 1.165) is 28.0 Å². The maximum Gasteiger partial charge on any atom is 0.407 e. The minimum atomic E-state index is -1.21. The van der Waals surface area contributed by atoms with E-state index in [0.29, 0.717) is 55.0 Å². The van der Waals surface area contributed by atoms with Crippen LogP contribution in [0.3, 0.4) is 0 Å². The number of likely N-dealkylation sites (tertiary alicyclic amines) is 1. The fourth-order valence-electron chi connectivity index (χ4n) is 5.42. The number of hydrogen-bond donors (Lipinski definition) is 1. The third-order valence-corrected chi connectivity index (χ3v) is 9.23. The van der Waals surface area contributed by atoms with Gasteiger partial charge in [-0.25, -0.2) is 9.78 Å². The SMILES string of the molecule is COc1cc2c(=O)n([C@@H]3CCCN(C(=O)O)C3)c3c(cnc4c3ccn4COCC[Si](C)(C)C)c2cc1OC. The molecule has 0 unspecified atom stereocenters. The van der Waals surface area contributed by atoms with Gasteiger partial charge in [-0.3, -0.25) is 4.79 Å². The lowest BCUT2D eigenvalue weighted by atomic mass is 10.0. The van der Waals surface area contributed by atoms with E-state index in [1.165, 1.54) is 12.0 Å². The van der Waals surface area contributed by atoms with Gasteiger partial charge < -0.3 is 33.4 Å². The van der Waals surface area contributed by atoms with Crippen molar-refractivity contribution < 1.29 is 24.1 Å². The summed E-state index contributed by atoms with van der Waals surface area (Å²) in [5.74, 6) is 0.978. The van der Waals surface area contributed by atoms with Crippen molar-refractivity contribution in [1.82, 2.24) is 19.0 Å². The second-order valence-electron chi connectivity index (χ2n) is 11.3. The number of fused-ring (bicyclic) bond motifs is 5. The Labute approximate surface area is 227 Å². The molecule has 3 aromatic heterocycles. The summed E-state index contributed by atoms with van der Waals surface area (Å²) in [6, 6.07) is 6.24. The number of benzene rings is 1. The highest BCUT2D eigenvalue weighted by Gasteiger charge is 2.28. The van der Waals surface area contributed by atoms with Crippen LogP contribution in [0.2, 0.25) is 25.7 Å². The minimum Gasteiger partial charge on any atom is -0.493 e. The summed E-state index contributed by atoms with van der Waals surface area (Å²) in [5.41, 5.74) is 1.26. The van der Waals surface area contributed by atoms with E-state index in [-0.39, 0.29) is 18.1 Å². The zero-order valence-electron chi connectivity index (χ0n) is 23.2. The highest BCUT2D eigenvalue weighted by Crippen LogP contribution is 2.37. The van der Waals surface area contributed by atoms with Crippen LogP contribution in [0, 0.1) is 0 Å². The number of nitrogens with zero attached hydrogens (tertiary/aromatic N) is 4. The average molecular weight is 553 g/mol. The second kappa shape index (κ2) is 10.5. The summed E-state index contributed by atoms with van der Waals surface area (Å²) in [6.45, 7) is 8.71. The monoisotopic (exact) mass is 552 g/mol. The van der Waals surface area contributed by atoms with Crippen molar-refractivity contribution in [1.29, 1.82) is 0 Å². The average Bonchev–Trinajstić information content (AvgIpc) is 3.33. The van der Waals surface area contributed by atoms with E-state index in [1.807, 2.05) is 22.9 Å². The molecule has 1 saturated heterocycles. The molecule has 1 aliphatic heterocycles. The fourth-order valence-corrected chi connectivity index (χ4v) is 6.18. The van der Waals surface area contributed by atoms with Gasteiger partial charge in [0.25, 0.3) is 5.56 Å². The van der Waals surface area contributed by atoms with E-state index < -0.39 is 14.2 Å². The predicted molar refractivity (Wildman–Crippen MR) is 154 cm³/mol. The van der Waals surface area contributed by atoms with Crippen LogP contribution in [-0.4, -0.2) is 72.2 Å². The molecule has 11 heteroatoms. The van der Waals surface area contributed by atoms with Crippen LogP contribution in [0.25, 0.3) is 32.7 Å². The number of amides is 1. The molecule has 4 aromatic rings. The molecular weight excluding hydrogens is 516 g/mol. The van der Waals surface area contributed by atoms with Crippen LogP contribution in [0.1, 0.15) is 18.9 Å². The Hall–Kier alpha value is -3.57. The van der Waals surface area contributed by atoms with Crippen LogP contribution >= 0.6 is 0 Å². The number of carboxylic acid groups (broad SMARTS) is 1. The fraction of sp³-hybridized carbons (Fsp3) is 0.464. The standard InChI is InChI=1S/C28H36N4O6Si/c1-36-23-13-20-21(14-24(23)37-2)27(33)32(18-7-6-9-30(16-18)28(34)35)25-19-8-10-31(26(19)29-15-22(20)25)17-38-11-12-39(3,4)5/h8,10,13-15,18H,6-7,9,11-12,16-17H2,1-5H3,(H,34,35)/t18-/m1/s1. The topological polar surface area (TPSA) is 108 Å². The molecule has 208 valence electrons. The second-order valence-corrected chi connectivity index (χ2v) is 17.0. The Morgan fingerprint density at radius 3 is 2.49 bits per heavy atom. The van der Waals surface area contributed by atoms with Crippen molar-refractivity contribution in [3.05, 3.63) is 40.9 Å². The quantitative estimate of drug-likeness (QED) is 0.183. The number of pyridine rings is 2. The number of rotatable bonds is 8. The van der Waals surface area contributed by atoms with Crippen molar-refractivity contribution in [2.45, 2.75) is 51.3 Å². The smallest absolute Gasteiger partial charge is 0.407 e. The van der Waals surface area contributed by atoms with Crippen molar-refractivity contribution in [3.63, 3.8) is 0 Å². The van der Waals surface area contributed by atoms with E-state index in [2.05, 4.69) is 19.6 Å². The highest BCUT2D eigenvalue weighted by molar-refractivity contribution is 6.76. The molecule has 4 heterocycles. The lowest BCUT2D eigenvalue weighted by Gasteiger charge is -2.33. The maximum atomic E-state index is 14.2. The van der Waals surface area contributed by atoms with Crippen molar-refractivity contribution >= 4 is 46.9 Å². The van der Waals surface area contributed by atoms with Crippen molar-refractivity contribution in [2.75, 3.05) is 33.9 Å². The van der Waals surface area contributed by atoms with Gasteiger partial charge in [-0.15, -0.1) is 0 Å². The normalized spacial score (nSPS) is 16.3. The molecule has 10 nitrogen and oxygen atoms in total. The first-order chi connectivity index (χ1) is 18.6. The Morgan fingerprint density at radius 1 is 1.10 bits per heavy atom. The number of methoxy groups -OCH3 is 2. The molecule has 0 radical (unpaired) electrons. The number of piperidine rings is 1. The number of aromatic nitrogens is 3. The number of hydrogen-bond acceptors (Lipinski definition) is 6. The summed E-state index contributed by atoms with van der Waals surface area (Å²) in [6.07, 6.45) is 4.12. The van der Waals surface area contributed by atoms with E-state index >= 15 is 0 Å². The molecule has 5 rings (SSSR count). The lowest BCUT2D eigenvalue weighted by Crippen LogP contribution is -2.42. The molecule has 1 aliphatic rings. The molecule has 0 bridgehead atoms. The van der Waals surface area contributed by atoms with Crippen LogP contribution < -0.4 is 15.0 Å². The van der Waals surface area contributed by atoms with Gasteiger partial charge in [0.2, 0.25) is 0 Å². The number of carbonyl (C=O) groups is 1. The Balaban J connectivity index is 1.72. The molecule has 0 aliphatic carbocycles. The van der Waals surface area contributed by atoms with Gasteiger partial charge in [0, 0.05) is 56.3 Å². The van der Waals surface area contributed by atoms with Gasteiger partial charge >= 0.3 is 6.09 Å². The first-order valence-electron chi connectivity index (χ1n) is 13.3. The van der Waals surface area contributed by atoms with E-state index in [4.69, 9.17) is 19.2 Å². The summed E-state index contributed by atoms with van der Waals surface area (Å²) in [5, 5.41) is 12.5. The van der Waals surface area contributed by atoms with Gasteiger partial charge in [0.15, 0.2) is 11.5 Å². The lowest BCUT2D eigenvalue weighted by molar-refractivity contribution is 0.0899. The zero-order chi connectivity index (χ0) is 27.9. The molecule has 0 spiro atoms. The summed E-state index contributed by atoms with van der Waals surface area (Å²) < 4.78 is 20.8. The molecule has 0 saturated carbocycles. The van der Waals surface area contributed by atoms with Gasteiger partial charge in [-0.05, 0) is 37.1 Å².